The van der Waals surface area contributed by atoms with E-state index in [1.807, 2.05) is 25.2 Å². The number of aliphatic imine (C=N–C) groups is 1. The van der Waals surface area contributed by atoms with Crippen molar-refractivity contribution >= 4 is 28.6 Å². The van der Waals surface area contributed by atoms with Crippen LogP contribution in [0.25, 0.3) is 22.4 Å². The third-order valence-electron chi connectivity index (χ3n) is 5.10. The summed E-state index contributed by atoms with van der Waals surface area (Å²) >= 11 is 0. The van der Waals surface area contributed by atoms with Gasteiger partial charge in [0.25, 0.3) is 0 Å². The Kier molecular flexibility index (Phi) is 9.38. The van der Waals surface area contributed by atoms with Gasteiger partial charge >= 0.3 is 0 Å². The molecule has 2 aromatic rings. The van der Waals surface area contributed by atoms with Crippen LogP contribution in [0.5, 0.6) is 0 Å². The van der Waals surface area contributed by atoms with Crippen LogP contribution < -0.4 is 0 Å². The number of hydrogen-bond acceptors (Lipinski definition) is 1. The maximum Gasteiger partial charge on any atom is 0.0697 e. The quantitative estimate of drug-likeness (QED) is 0.284. The second kappa shape index (κ2) is 12.2. The van der Waals surface area contributed by atoms with E-state index in [9.17, 15) is 0 Å². The topological polar surface area (TPSA) is 12.4 Å². The summed E-state index contributed by atoms with van der Waals surface area (Å²) in [5.41, 5.74) is 10.0. The van der Waals surface area contributed by atoms with Gasteiger partial charge in [0, 0.05) is 11.8 Å². The van der Waals surface area contributed by atoms with E-state index in [0.717, 1.165) is 28.0 Å². The number of allylic oxidation sites excluding steroid dienone is 10. The molecule has 0 aliphatic carbocycles. The van der Waals surface area contributed by atoms with Gasteiger partial charge in [0.15, 0.2) is 0 Å². The van der Waals surface area contributed by atoms with Gasteiger partial charge in [-0.3, -0.25) is 4.99 Å². The van der Waals surface area contributed by atoms with Crippen LogP contribution >= 0.6 is 0 Å². The van der Waals surface area contributed by atoms with Gasteiger partial charge in [0.2, 0.25) is 0 Å². The molecular formula is C31H33N. The smallest absolute Gasteiger partial charge is 0.0697 e. The average Bonchev–Trinajstić information content (AvgIpc) is 2.79. The molecule has 0 radical (unpaired) electrons. The Hall–Kier alpha value is -3.71. The van der Waals surface area contributed by atoms with Crippen molar-refractivity contribution in [1.82, 2.24) is 0 Å². The molecule has 0 heterocycles. The van der Waals surface area contributed by atoms with Crippen molar-refractivity contribution in [3.05, 3.63) is 133 Å². The van der Waals surface area contributed by atoms with Crippen LogP contribution in [-0.2, 0) is 0 Å². The molecule has 32 heavy (non-hydrogen) atoms. The zero-order chi connectivity index (χ0) is 23.5. The fourth-order valence-corrected chi connectivity index (χ4v) is 3.41. The molecule has 0 amide bonds. The zero-order valence-corrected chi connectivity index (χ0v) is 19.7. The summed E-state index contributed by atoms with van der Waals surface area (Å²) in [7, 11) is 0. The molecular weight excluding hydrogens is 386 g/mol. The number of rotatable bonds is 9. The molecule has 162 valence electrons. The van der Waals surface area contributed by atoms with E-state index in [-0.39, 0.29) is 0 Å². The lowest BCUT2D eigenvalue weighted by Crippen LogP contribution is -1.86. The lowest BCUT2D eigenvalue weighted by molar-refractivity contribution is 1.46. The standard InChI is InChI=1S/C31H33N/c1-8-11-24(5)27-13-15-28(16-14-27)25(6)21-23(4)22-26(7)29-17-19-30(20-18-29)31(12-9-2)32-10-3/h8-22H,1-2,6H2,3-5,7H3/b23-21-,24-11+,26-22+,31-12-,32-10?. The first kappa shape index (κ1) is 24.6. The molecule has 1 nitrogen and oxygen atoms in total. The molecule has 2 rings (SSSR count). The first-order valence-electron chi connectivity index (χ1n) is 10.8. The predicted molar refractivity (Wildman–Crippen MR) is 146 cm³/mol. The predicted octanol–water partition coefficient (Wildman–Crippen LogP) is 8.96. The number of nitrogens with zero attached hydrogens (tertiary/aromatic N) is 1. The normalized spacial score (nSPS) is 13.4. The van der Waals surface area contributed by atoms with Gasteiger partial charge in [0.1, 0.15) is 0 Å². The molecule has 0 saturated carbocycles. The summed E-state index contributed by atoms with van der Waals surface area (Å²) in [5.74, 6) is 0. The van der Waals surface area contributed by atoms with Crippen molar-refractivity contribution in [2.24, 2.45) is 4.99 Å². The Labute approximate surface area is 193 Å². The summed E-state index contributed by atoms with van der Waals surface area (Å²) in [6.07, 6.45) is 13.6. The lowest BCUT2D eigenvalue weighted by atomic mass is 9.99. The fourth-order valence-electron chi connectivity index (χ4n) is 3.41. The van der Waals surface area contributed by atoms with Crippen molar-refractivity contribution < 1.29 is 0 Å². The van der Waals surface area contributed by atoms with Crippen LogP contribution in [0, 0.1) is 0 Å². The molecule has 0 aromatic heterocycles. The minimum Gasteiger partial charge on any atom is -0.261 e. The van der Waals surface area contributed by atoms with Gasteiger partial charge in [-0.15, -0.1) is 0 Å². The van der Waals surface area contributed by atoms with Crippen molar-refractivity contribution in [1.29, 1.82) is 0 Å². The second-order valence-electron chi connectivity index (χ2n) is 7.66. The van der Waals surface area contributed by atoms with Gasteiger partial charge in [-0.05, 0) is 67.2 Å². The van der Waals surface area contributed by atoms with Gasteiger partial charge in [0.05, 0.1) is 5.70 Å². The monoisotopic (exact) mass is 419 g/mol. The highest BCUT2D eigenvalue weighted by molar-refractivity contribution is 5.78. The molecule has 0 N–H and O–H groups in total. The zero-order valence-electron chi connectivity index (χ0n) is 19.7. The summed E-state index contributed by atoms with van der Waals surface area (Å²) in [6, 6.07) is 16.9. The SMILES string of the molecule is C=C/C=C(\N=CC)c1ccc(/C(C)=C/C(C)=C\C(=C)c2ccc(/C(C)=C/C=C)cc2)cc1. The van der Waals surface area contributed by atoms with Gasteiger partial charge in [-0.1, -0.05) is 104 Å². The molecule has 1 heteroatoms. The Balaban J connectivity index is 2.18. The first-order chi connectivity index (χ1) is 15.4. The summed E-state index contributed by atoms with van der Waals surface area (Å²) in [5, 5.41) is 0. The molecule has 0 saturated heterocycles. The number of hydrogen-bond donors (Lipinski definition) is 0. The summed E-state index contributed by atoms with van der Waals surface area (Å²) in [6.45, 7) is 20.0. The van der Waals surface area contributed by atoms with Crippen LogP contribution in [-0.4, -0.2) is 6.21 Å². The molecule has 0 unspecified atom stereocenters. The third kappa shape index (κ3) is 6.92. The summed E-state index contributed by atoms with van der Waals surface area (Å²) < 4.78 is 0. The Morgan fingerprint density at radius 3 is 1.72 bits per heavy atom. The van der Waals surface area contributed by atoms with Crippen molar-refractivity contribution in [3.63, 3.8) is 0 Å². The maximum absolute atomic E-state index is 4.42. The van der Waals surface area contributed by atoms with Gasteiger partial charge in [-0.2, -0.15) is 0 Å². The van der Waals surface area contributed by atoms with E-state index in [1.165, 1.54) is 22.3 Å². The molecule has 0 atom stereocenters. The molecule has 2 aromatic carbocycles. The fraction of sp³-hybridized carbons (Fsp3) is 0.129. The minimum absolute atomic E-state index is 0.907. The van der Waals surface area contributed by atoms with E-state index in [2.05, 4.69) is 106 Å². The van der Waals surface area contributed by atoms with Crippen molar-refractivity contribution in [3.8, 4) is 0 Å². The van der Waals surface area contributed by atoms with Gasteiger partial charge in [-0.25, -0.2) is 0 Å². The van der Waals surface area contributed by atoms with Crippen LogP contribution in [0.15, 0.2) is 115 Å². The first-order valence-corrected chi connectivity index (χ1v) is 10.8. The third-order valence-corrected chi connectivity index (χ3v) is 5.10. The van der Waals surface area contributed by atoms with Crippen LogP contribution in [0.1, 0.15) is 49.9 Å². The molecule has 0 aliphatic heterocycles. The second-order valence-corrected chi connectivity index (χ2v) is 7.66. The van der Waals surface area contributed by atoms with E-state index in [1.54, 1.807) is 12.3 Å². The van der Waals surface area contributed by atoms with Gasteiger partial charge < -0.3 is 0 Å². The Morgan fingerprint density at radius 1 is 0.688 bits per heavy atom. The van der Waals surface area contributed by atoms with Crippen LogP contribution in [0.3, 0.4) is 0 Å². The van der Waals surface area contributed by atoms with E-state index in [4.69, 9.17) is 0 Å². The number of benzene rings is 2. The lowest BCUT2D eigenvalue weighted by Gasteiger charge is -2.07. The highest BCUT2D eigenvalue weighted by atomic mass is 14.7. The summed E-state index contributed by atoms with van der Waals surface area (Å²) in [4.78, 5) is 4.42. The van der Waals surface area contributed by atoms with Crippen LogP contribution in [0.4, 0.5) is 0 Å². The largest absolute Gasteiger partial charge is 0.261 e. The molecule has 0 aliphatic rings. The van der Waals surface area contributed by atoms with Crippen molar-refractivity contribution in [2.45, 2.75) is 27.7 Å². The van der Waals surface area contributed by atoms with E-state index >= 15 is 0 Å². The van der Waals surface area contributed by atoms with E-state index in [0.29, 0.717) is 0 Å². The highest BCUT2D eigenvalue weighted by Crippen LogP contribution is 2.23. The highest BCUT2D eigenvalue weighted by Gasteiger charge is 2.02. The molecule has 0 bridgehead atoms. The Bertz CT molecular complexity index is 1110. The molecule has 0 spiro atoms. The average molecular weight is 420 g/mol. The van der Waals surface area contributed by atoms with E-state index < -0.39 is 0 Å². The molecule has 0 fully saturated rings. The maximum atomic E-state index is 4.42. The van der Waals surface area contributed by atoms with Crippen molar-refractivity contribution in [2.75, 3.05) is 0 Å². The van der Waals surface area contributed by atoms with Crippen LogP contribution in [0.2, 0.25) is 0 Å². The Morgan fingerprint density at radius 2 is 1.19 bits per heavy atom. The minimum atomic E-state index is 0.907.